The topological polar surface area (TPSA) is 70.3 Å². The summed E-state index contributed by atoms with van der Waals surface area (Å²) in [6.07, 6.45) is 1.57. The predicted octanol–water partition coefficient (Wildman–Crippen LogP) is 1.86. The van der Waals surface area contributed by atoms with E-state index in [4.69, 9.17) is 5.73 Å². The molecule has 3 N–H and O–H groups in total. The smallest absolute Gasteiger partial charge is 0.159 e. The summed E-state index contributed by atoms with van der Waals surface area (Å²) in [5.74, 6) is 1.48. The highest BCUT2D eigenvalue weighted by Gasteiger charge is 2.19. The summed E-state index contributed by atoms with van der Waals surface area (Å²) in [6, 6.07) is 8.14. The third kappa shape index (κ3) is 3.12. The fourth-order valence-electron chi connectivity index (χ4n) is 2.62. The molecule has 2 aromatic rings. The molecule has 1 aromatic carbocycles. The molecule has 0 spiro atoms. The molecule has 0 radical (unpaired) electrons. The van der Waals surface area contributed by atoms with Crippen LogP contribution in [0.2, 0.25) is 0 Å². The Morgan fingerprint density at radius 1 is 1.14 bits per heavy atom. The third-order valence-electron chi connectivity index (χ3n) is 3.95. The van der Waals surface area contributed by atoms with Crippen LogP contribution >= 0.6 is 0 Å². The molecule has 3 rings (SSSR count). The molecule has 0 atom stereocenters. The van der Waals surface area contributed by atoms with E-state index in [9.17, 15) is 0 Å². The van der Waals surface area contributed by atoms with Crippen molar-refractivity contribution in [2.24, 2.45) is 0 Å². The lowest BCUT2D eigenvalue weighted by atomic mass is 10.2. The van der Waals surface area contributed by atoms with Crippen LogP contribution < -0.4 is 16.0 Å². The van der Waals surface area contributed by atoms with Gasteiger partial charge < -0.3 is 20.9 Å². The lowest BCUT2D eigenvalue weighted by Gasteiger charge is -2.33. The predicted molar refractivity (Wildman–Crippen MR) is 90.6 cm³/mol. The zero-order valence-electron chi connectivity index (χ0n) is 13.1. The van der Waals surface area contributed by atoms with Crippen molar-refractivity contribution in [1.29, 1.82) is 0 Å². The van der Waals surface area contributed by atoms with E-state index in [1.165, 1.54) is 5.56 Å². The number of nitrogen functional groups attached to an aromatic ring is 1. The first kappa shape index (κ1) is 14.6. The summed E-state index contributed by atoms with van der Waals surface area (Å²) in [5.41, 5.74) is 9.07. The van der Waals surface area contributed by atoms with Crippen LogP contribution in [0, 0.1) is 6.92 Å². The van der Waals surface area contributed by atoms with Gasteiger partial charge in [0.25, 0.3) is 0 Å². The van der Waals surface area contributed by atoms with E-state index in [0.29, 0.717) is 11.5 Å². The van der Waals surface area contributed by atoms with Gasteiger partial charge in [-0.15, -0.1) is 0 Å². The number of piperazine rings is 1. The van der Waals surface area contributed by atoms with Crippen molar-refractivity contribution in [1.82, 2.24) is 14.9 Å². The van der Waals surface area contributed by atoms with Gasteiger partial charge in [0.05, 0.1) is 0 Å². The standard InChI is InChI=1S/C16H22N6/c1-12-4-3-5-13(10-12)20-15-14(17)16(19-11-18-15)22-8-6-21(2)7-9-22/h3-5,10-11H,6-9,17H2,1-2H3,(H,18,19,20). The number of hydrogen-bond acceptors (Lipinski definition) is 6. The highest BCUT2D eigenvalue weighted by molar-refractivity contribution is 5.78. The van der Waals surface area contributed by atoms with Crippen molar-refractivity contribution in [2.75, 3.05) is 49.2 Å². The number of hydrogen-bond donors (Lipinski definition) is 2. The van der Waals surface area contributed by atoms with Crippen molar-refractivity contribution in [3.63, 3.8) is 0 Å². The molecular formula is C16H22N6. The fraction of sp³-hybridized carbons (Fsp3) is 0.375. The second-order valence-electron chi connectivity index (χ2n) is 5.74. The Kier molecular flexibility index (Phi) is 4.11. The molecule has 22 heavy (non-hydrogen) atoms. The number of aromatic nitrogens is 2. The van der Waals surface area contributed by atoms with E-state index in [1.54, 1.807) is 6.33 Å². The van der Waals surface area contributed by atoms with Gasteiger partial charge in [0, 0.05) is 31.9 Å². The molecule has 0 saturated carbocycles. The Balaban J connectivity index is 1.83. The summed E-state index contributed by atoms with van der Waals surface area (Å²) in [7, 11) is 2.13. The van der Waals surface area contributed by atoms with Gasteiger partial charge in [-0.25, -0.2) is 9.97 Å². The van der Waals surface area contributed by atoms with Gasteiger partial charge >= 0.3 is 0 Å². The summed E-state index contributed by atoms with van der Waals surface area (Å²) >= 11 is 0. The van der Waals surface area contributed by atoms with Crippen LogP contribution in [0.25, 0.3) is 0 Å². The van der Waals surface area contributed by atoms with E-state index in [2.05, 4.69) is 51.2 Å². The van der Waals surface area contributed by atoms with Crippen molar-refractivity contribution in [3.05, 3.63) is 36.2 Å². The van der Waals surface area contributed by atoms with Crippen molar-refractivity contribution in [3.8, 4) is 0 Å². The average Bonchev–Trinajstić information content (AvgIpc) is 2.51. The summed E-state index contributed by atoms with van der Waals surface area (Å²) in [5, 5.41) is 3.29. The molecule has 116 valence electrons. The van der Waals surface area contributed by atoms with E-state index >= 15 is 0 Å². The molecule has 0 unspecified atom stereocenters. The second kappa shape index (κ2) is 6.19. The van der Waals surface area contributed by atoms with Crippen LogP contribution in [-0.4, -0.2) is 48.1 Å². The van der Waals surface area contributed by atoms with Crippen LogP contribution in [0.15, 0.2) is 30.6 Å². The Morgan fingerprint density at radius 2 is 1.91 bits per heavy atom. The molecule has 6 heteroatoms. The van der Waals surface area contributed by atoms with Gasteiger partial charge in [-0.05, 0) is 31.7 Å². The molecule has 1 saturated heterocycles. The zero-order valence-corrected chi connectivity index (χ0v) is 13.1. The van der Waals surface area contributed by atoms with Gasteiger partial charge in [0.1, 0.15) is 12.0 Å². The Bertz CT molecular complexity index is 649. The molecular weight excluding hydrogens is 276 g/mol. The zero-order chi connectivity index (χ0) is 15.5. The minimum absolute atomic E-state index is 0.605. The monoisotopic (exact) mass is 298 g/mol. The van der Waals surface area contributed by atoms with Gasteiger partial charge in [-0.2, -0.15) is 0 Å². The first-order chi connectivity index (χ1) is 10.6. The van der Waals surface area contributed by atoms with Crippen molar-refractivity contribution < 1.29 is 0 Å². The minimum atomic E-state index is 0.605. The molecule has 6 nitrogen and oxygen atoms in total. The maximum atomic E-state index is 6.29. The number of aryl methyl sites for hydroxylation is 1. The van der Waals surface area contributed by atoms with Crippen LogP contribution in [0.4, 0.5) is 23.0 Å². The summed E-state index contributed by atoms with van der Waals surface area (Å²) < 4.78 is 0. The van der Waals surface area contributed by atoms with E-state index in [-0.39, 0.29) is 0 Å². The first-order valence-corrected chi connectivity index (χ1v) is 7.51. The molecule has 0 amide bonds. The van der Waals surface area contributed by atoms with Gasteiger partial charge in [0.2, 0.25) is 0 Å². The lowest BCUT2D eigenvalue weighted by molar-refractivity contribution is 0.312. The summed E-state index contributed by atoms with van der Waals surface area (Å²) in [4.78, 5) is 13.2. The average molecular weight is 298 g/mol. The number of likely N-dealkylation sites (N-methyl/N-ethyl adjacent to an activating group) is 1. The molecule has 0 bridgehead atoms. The molecule has 1 aromatic heterocycles. The first-order valence-electron chi connectivity index (χ1n) is 7.51. The van der Waals surface area contributed by atoms with Gasteiger partial charge in [-0.1, -0.05) is 12.1 Å². The number of nitrogens with one attached hydrogen (secondary N) is 1. The SMILES string of the molecule is Cc1cccc(Nc2ncnc(N3CCN(C)CC3)c2N)c1. The number of rotatable bonds is 3. The van der Waals surface area contributed by atoms with Crippen LogP contribution in [0.3, 0.4) is 0 Å². The van der Waals surface area contributed by atoms with E-state index in [1.807, 2.05) is 12.1 Å². The maximum Gasteiger partial charge on any atom is 0.159 e. The van der Waals surface area contributed by atoms with E-state index in [0.717, 1.165) is 37.7 Å². The molecule has 2 heterocycles. The highest BCUT2D eigenvalue weighted by atomic mass is 15.3. The van der Waals surface area contributed by atoms with Crippen molar-refractivity contribution >= 4 is 23.0 Å². The quantitative estimate of drug-likeness (QED) is 0.901. The molecule has 0 aliphatic carbocycles. The number of nitrogens with two attached hydrogens (primary N) is 1. The number of anilines is 4. The minimum Gasteiger partial charge on any atom is -0.393 e. The van der Waals surface area contributed by atoms with Crippen molar-refractivity contribution in [2.45, 2.75) is 6.92 Å². The third-order valence-corrected chi connectivity index (χ3v) is 3.95. The Morgan fingerprint density at radius 3 is 2.64 bits per heavy atom. The van der Waals surface area contributed by atoms with Gasteiger partial charge in [-0.3, -0.25) is 0 Å². The van der Waals surface area contributed by atoms with Crippen LogP contribution in [0.1, 0.15) is 5.56 Å². The van der Waals surface area contributed by atoms with E-state index < -0.39 is 0 Å². The Hall–Kier alpha value is -2.34. The lowest BCUT2D eigenvalue weighted by Crippen LogP contribution is -2.45. The normalized spacial score (nSPS) is 15.8. The summed E-state index contributed by atoms with van der Waals surface area (Å²) in [6.45, 7) is 5.96. The fourth-order valence-corrected chi connectivity index (χ4v) is 2.62. The van der Waals surface area contributed by atoms with Crippen LogP contribution in [0.5, 0.6) is 0 Å². The van der Waals surface area contributed by atoms with Crippen LogP contribution in [-0.2, 0) is 0 Å². The maximum absolute atomic E-state index is 6.29. The number of nitrogens with zero attached hydrogens (tertiary/aromatic N) is 4. The molecule has 1 fully saturated rings. The van der Waals surface area contributed by atoms with Gasteiger partial charge in [0.15, 0.2) is 11.6 Å². The highest BCUT2D eigenvalue weighted by Crippen LogP contribution is 2.29. The Labute approximate surface area is 131 Å². The molecule has 1 aliphatic heterocycles. The molecule has 1 aliphatic rings. The number of benzene rings is 1. The largest absolute Gasteiger partial charge is 0.393 e. The second-order valence-corrected chi connectivity index (χ2v) is 5.74.